The van der Waals surface area contributed by atoms with Gasteiger partial charge in [0.25, 0.3) is 5.92 Å². The van der Waals surface area contributed by atoms with Crippen LogP contribution >= 0.6 is 0 Å². The van der Waals surface area contributed by atoms with Crippen LogP contribution in [-0.4, -0.2) is 5.92 Å². The quantitative estimate of drug-likeness (QED) is 0.480. The van der Waals surface area contributed by atoms with Crippen LogP contribution in [0.15, 0.2) is 0 Å². The molecular weight excluding hydrogens is 98.1 g/mol. The first kappa shape index (κ1) is 5.01. The second-order valence-electron chi connectivity index (χ2n) is 2.07. The molecule has 0 aromatic rings. The van der Waals surface area contributed by atoms with E-state index in [2.05, 4.69) is 0 Å². The van der Waals surface area contributed by atoms with E-state index >= 15 is 0 Å². The van der Waals surface area contributed by atoms with Crippen LogP contribution in [0.25, 0.3) is 0 Å². The smallest absolute Gasteiger partial charge is 0.207 e. The maximum Gasteiger partial charge on any atom is 0.251 e. The van der Waals surface area contributed by atoms with Crippen molar-refractivity contribution in [2.24, 2.45) is 5.92 Å². The zero-order valence-corrected chi connectivity index (χ0v) is 4.25. The second-order valence-corrected chi connectivity index (χ2v) is 2.07. The second kappa shape index (κ2) is 1.17. The molecule has 0 radical (unpaired) electrons. The number of hydrogen-bond donors (Lipinski definition) is 0. The lowest BCUT2D eigenvalue weighted by molar-refractivity contribution is 0.0981. The van der Waals surface area contributed by atoms with Gasteiger partial charge in [-0.25, -0.2) is 8.78 Å². The summed E-state index contributed by atoms with van der Waals surface area (Å²) < 4.78 is 23.6. The molecule has 1 aliphatic rings. The molecule has 0 aromatic carbocycles. The third-order valence-corrected chi connectivity index (χ3v) is 1.45. The Hall–Kier alpha value is -0.140. The number of hydrogen-bond acceptors (Lipinski definition) is 0. The summed E-state index contributed by atoms with van der Waals surface area (Å²) in [6.45, 7) is 1.80. The lowest BCUT2D eigenvalue weighted by Gasteiger charge is -1.87. The largest absolute Gasteiger partial charge is 0.251 e. The topological polar surface area (TPSA) is 0 Å². The Morgan fingerprint density at radius 2 is 2.14 bits per heavy atom. The Bertz CT molecular complexity index is 78.1. The molecule has 42 valence electrons. The van der Waals surface area contributed by atoms with Crippen molar-refractivity contribution in [3.63, 3.8) is 0 Å². The molecule has 7 heavy (non-hydrogen) atoms. The van der Waals surface area contributed by atoms with E-state index in [4.69, 9.17) is 0 Å². The molecule has 0 spiro atoms. The van der Waals surface area contributed by atoms with E-state index in [0.717, 1.165) is 0 Å². The Morgan fingerprint density at radius 3 is 2.14 bits per heavy atom. The summed E-state index contributed by atoms with van der Waals surface area (Å²) in [6.07, 6.45) is 0.760. The first-order valence-electron chi connectivity index (χ1n) is 2.54. The van der Waals surface area contributed by atoms with Gasteiger partial charge in [0, 0.05) is 12.3 Å². The van der Waals surface area contributed by atoms with Crippen molar-refractivity contribution in [1.82, 2.24) is 0 Å². The van der Waals surface area contributed by atoms with E-state index in [1.807, 2.05) is 0 Å². The number of rotatable bonds is 1. The highest BCUT2D eigenvalue weighted by molar-refractivity contribution is 4.93. The summed E-state index contributed by atoms with van der Waals surface area (Å²) in [4.78, 5) is 0. The minimum atomic E-state index is -2.28. The van der Waals surface area contributed by atoms with Crippen molar-refractivity contribution in [2.45, 2.75) is 25.7 Å². The number of alkyl halides is 2. The van der Waals surface area contributed by atoms with Crippen LogP contribution in [0, 0.1) is 5.92 Å². The molecule has 0 amide bonds. The van der Waals surface area contributed by atoms with Crippen LogP contribution in [0.5, 0.6) is 0 Å². The summed E-state index contributed by atoms with van der Waals surface area (Å²) in [6, 6.07) is 0. The van der Waals surface area contributed by atoms with E-state index < -0.39 is 5.92 Å². The fourth-order valence-corrected chi connectivity index (χ4v) is 0.713. The van der Waals surface area contributed by atoms with Gasteiger partial charge in [0.05, 0.1) is 0 Å². The Labute approximate surface area is 41.5 Å². The zero-order valence-electron chi connectivity index (χ0n) is 4.25. The first-order chi connectivity index (χ1) is 3.17. The van der Waals surface area contributed by atoms with Gasteiger partial charge in [-0.2, -0.15) is 0 Å². The monoisotopic (exact) mass is 106 g/mol. The molecule has 0 heterocycles. The molecular formula is C5H8F2. The molecule has 1 atom stereocenters. The van der Waals surface area contributed by atoms with Gasteiger partial charge in [0.2, 0.25) is 0 Å². The van der Waals surface area contributed by atoms with Gasteiger partial charge in [-0.3, -0.25) is 0 Å². The lowest BCUT2D eigenvalue weighted by atomic mass is 10.3. The normalized spacial score (nSPS) is 35.6. The van der Waals surface area contributed by atoms with Gasteiger partial charge in [-0.15, -0.1) is 0 Å². The SMILES string of the molecule is CC[C@H]1CC1(F)F. The van der Waals surface area contributed by atoms with Crippen LogP contribution in [0.3, 0.4) is 0 Å². The first-order valence-corrected chi connectivity index (χ1v) is 2.54. The lowest BCUT2D eigenvalue weighted by Crippen LogP contribution is -1.90. The highest BCUT2D eigenvalue weighted by atomic mass is 19.3. The average Bonchev–Trinajstić information content (AvgIpc) is 2.13. The summed E-state index contributed by atoms with van der Waals surface area (Å²) in [5, 5.41) is 0. The van der Waals surface area contributed by atoms with E-state index in [1.165, 1.54) is 0 Å². The minimum absolute atomic E-state index is 0.128. The molecule has 2 heteroatoms. The summed E-state index contributed by atoms with van der Waals surface area (Å²) >= 11 is 0. The van der Waals surface area contributed by atoms with Crippen LogP contribution in [0.4, 0.5) is 8.78 Å². The van der Waals surface area contributed by atoms with E-state index in [9.17, 15) is 8.78 Å². The summed E-state index contributed by atoms with van der Waals surface area (Å²) in [7, 11) is 0. The summed E-state index contributed by atoms with van der Waals surface area (Å²) in [5.41, 5.74) is 0. The predicted octanol–water partition coefficient (Wildman–Crippen LogP) is 2.05. The molecule has 1 fully saturated rings. The van der Waals surface area contributed by atoms with Gasteiger partial charge in [0.1, 0.15) is 0 Å². The molecule has 0 aliphatic heterocycles. The van der Waals surface area contributed by atoms with Crippen molar-refractivity contribution in [3.8, 4) is 0 Å². The summed E-state index contributed by atoms with van der Waals surface area (Å²) in [5.74, 6) is -2.57. The van der Waals surface area contributed by atoms with Crippen molar-refractivity contribution in [2.75, 3.05) is 0 Å². The highest BCUT2D eigenvalue weighted by Crippen LogP contribution is 2.50. The van der Waals surface area contributed by atoms with Gasteiger partial charge >= 0.3 is 0 Å². The highest BCUT2D eigenvalue weighted by Gasteiger charge is 2.55. The van der Waals surface area contributed by atoms with E-state index in [0.29, 0.717) is 6.42 Å². The molecule has 0 unspecified atom stereocenters. The molecule has 0 nitrogen and oxygen atoms in total. The van der Waals surface area contributed by atoms with Crippen molar-refractivity contribution in [3.05, 3.63) is 0 Å². The van der Waals surface area contributed by atoms with Crippen molar-refractivity contribution >= 4 is 0 Å². The van der Waals surface area contributed by atoms with Gasteiger partial charge < -0.3 is 0 Å². The molecule has 1 saturated carbocycles. The molecule has 0 N–H and O–H groups in total. The fraction of sp³-hybridized carbons (Fsp3) is 1.00. The van der Waals surface area contributed by atoms with Crippen LogP contribution in [0.1, 0.15) is 19.8 Å². The molecule has 0 bridgehead atoms. The number of halogens is 2. The third kappa shape index (κ3) is 0.740. The van der Waals surface area contributed by atoms with Crippen molar-refractivity contribution < 1.29 is 8.78 Å². The minimum Gasteiger partial charge on any atom is -0.207 e. The van der Waals surface area contributed by atoms with E-state index in [1.54, 1.807) is 6.92 Å². The maximum atomic E-state index is 11.8. The van der Waals surface area contributed by atoms with Gasteiger partial charge in [-0.05, 0) is 6.42 Å². The van der Waals surface area contributed by atoms with Gasteiger partial charge in [-0.1, -0.05) is 6.92 Å². The van der Waals surface area contributed by atoms with Crippen LogP contribution < -0.4 is 0 Å². The fourth-order valence-electron chi connectivity index (χ4n) is 0.713. The molecule has 1 rings (SSSR count). The molecule has 1 aliphatic carbocycles. The molecule has 0 saturated heterocycles. The Balaban J connectivity index is 2.30. The molecule has 0 aromatic heterocycles. The zero-order chi connectivity index (χ0) is 5.49. The average molecular weight is 106 g/mol. The van der Waals surface area contributed by atoms with Crippen LogP contribution in [-0.2, 0) is 0 Å². The van der Waals surface area contributed by atoms with Crippen molar-refractivity contribution in [1.29, 1.82) is 0 Å². The Kier molecular flexibility index (Phi) is 0.839. The third-order valence-electron chi connectivity index (χ3n) is 1.45. The van der Waals surface area contributed by atoms with Gasteiger partial charge in [0.15, 0.2) is 0 Å². The van der Waals surface area contributed by atoms with Crippen LogP contribution in [0.2, 0.25) is 0 Å². The standard InChI is InChI=1S/C5H8F2/c1-2-4-3-5(4,6)7/h4H,2-3H2,1H3/t4-/m0/s1. The Morgan fingerprint density at radius 1 is 1.71 bits per heavy atom. The predicted molar refractivity (Wildman–Crippen MR) is 23.3 cm³/mol. The maximum absolute atomic E-state index is 11.8. The van der Waals surface area contributed by atoms with E-state index in [-0.39, 0.29) is 12.3 Å².